The molecule has 2 rings (SSSR count). The number of carboxylic acids is 1. The Morgan fingerprint density at radius 2 is 1.58 bits per heavy atom. The van der Waals surface area contributed by atoms with Gasteiger partial charge in [0.15, 0.2) is 0 Å². The zero-order chi connectivity index (χ0) is 19.2. The lowest BCUT2D eigenvalue weighted by Gasteiger charge is -2.07. The van der Waals surface area contributed by atoms with E-state index in [0.29, 0.717) is 11.1 Å². The molecule has 0 saturated heterocycles. The predicted octanol–water partition coefficient (Wildman–Crippen LogP) is 2.43. The molecule has 0 aliphatic rings. The van der Waals surface area contributed by atoms with Gasteiger partial charge >= 0.3 is 12.0 Å². The van der Waals surface area contributed by atoms with E-state index in [9.17, 15) is 18.0 Å². The first-order valence-electron chi connectivity index (χ1n) is 7.63. The highest BCUT2D eigenvalue weighted by Crippen LogP contribution is 2.22. The first-order chi connectivity index (χ1) is 12.3. The number of benzene rings is 2. The molecule has 0 bridgehead atoms. The molecule has 0 aliphatic carbocycles. The zero-order valence-electron chi connectivity index (χ0n) is 14.0. The Labute approximate surface area is 151 Å². The smallest absolute Gasteiger partial charge is 0.329 e. The fourth-order valence-electron chi connectivity index (χ4n) is 2.21. The van der Waals surface area contributed by atoms with E-state index in [1.54, 1.807) is 23.8 Å². The standard InChI is InChI=1S/C18H18N2O5S/c1-13(12-26(24,25)20-18(23)19-11-17(21)22)14-7-9-16(10-8-14)15-5-3-2-4-6-15/h2-10,12H,11H2,1H3,(H,21,22)(H2,19,20,23). The van der Waals surface area contributed by atoms with Crippen molar-refractivity contribution in [3.8, 4) is 11.1 Å². The summed E-state index contributed by atoms with van der Waals surface area (Å²) in [6.07, 6.45) is 0. The molecular formula is C18H18N2O5S. The zero-order valence-corrected chi connectivity index (χ0v) is 14.8. The molecule has 26 heavy (non-hydrogen) atoms. The average molecular weight is 374 g/mol. The van der Waals surface area contributed by atoms with Crippen LogP contribution in [0.25, 0.3) is 16.7 Å². The summed E-state index contributed by atoms with van der Waals surface area (Å²) in [6.45, 7) is 0.927. The van der Waals surface area contributed by atoms with Crippen molar-refractivity contribution in [1.29, 1.82) is 0 Å². The molecule has 3 N–H and O–H groups in total. The summed E-state index contributed by atoms with van der Waals surface area (Å²) in [7, 11) is -4.06. The van der Waals surface area contributed by atoms with Gasteiger partial charge in [0.05, 0.1) is 5.41 Å². The van der Waals surface area contributed by atoms with Crippen molar-refractivity contribution < 1.29 is 23.1 Å². The topological polar surface area (TPSA) is 113 Å². The lowest BCUT2D eigenvalue weighted by molar-refractivity contribution is -0.135. The van der Waals surface area contributed by atoms with Crippen molar-refractivity contribution in [2.45, 2.75) is 6.92 Å². The van der Waals surface area contributed by atoms with Gasteiger partial charge in [0.1, 0.15) is 6.54 Å². The van der Waals surface area contributed by atoms with E-state index in [2.05, 4.69) is 0 Å². The Balaban J connectivity index is 2.10. The Morgan fingerprint density at radius 3 is 2.15 bits per heavy atom. The summed E-state index contributed by atoms with van der Waals surface area (Å²) in [5.74, 6) is -1.28. The number of allylic oxidation sites excluding steroid dienone is 1. The van der Waals surface area contributed by atoms with Gasteiger partial charge in [-0.3, -0.25) is 4.79 Å². The van der Waals surface area contributed by atoms with Crippen molar-refractivity contribution in [1.82, 2.24) is 10.0 Å². The quantitative estimate of drug-likeness (QED) is 0.719. The van der Waals surface area contributed by atoms with E-state index < -0.39 is 28.6 Å². The molecule has 0 heterocycles. The molecule has 0 spiro atoms. The van der Waals surface area contributed by atoms with E-state index in [4.69, 9.17) is 5.11 Å². The van der Waals surface area contributed by atoms with E-state index in [1.165, 1.54) is 0 Å². The van der Waals surface area contributed by atoms with Crippen molar-refractivity contribution in [3.63, 3.8) is 0 Å². The summed E-state index contributed by atoms with van der Waals surface area (Å²) < 4.78 is 25.7. The van der Waals surface area contributed by atoms with Gasteiger partial charge in [0.25, 0.3) is 10.0 Å². The van der Waals surface area contributed by atoms with Crippen LogP contribution in [0.3, 0.4) is 0 Å². The number of nitrogens with one attached hydrogen (secondary N) is 2. The molecule has 0 aliphatic heterocycles. The number of hydrogen-bond acceptors (Lipinski definition) is 4. The van der Waals surface area contributed by atoms with Crippen LogP contribution in [0.4, 0.5) is 4.79 Å². The van der Waals surface area contributed by atoms with Crippen LogP contribution in [0, 0.1) is 0 Å². The number of hydrogen-bond donors (Lipinski definition) is 3. The normalized spacial score (nSPS) is 11.7. The van der Waals surface area contributed by atoms with Gasteiger partial charge in [-0.05, 0) is 29.2 Å². The lowest BCUT2D eigenvalue weighted by atomic mass is 10.0. The van der Waals surface area contributed by atoms with Crippen LogP contribution in [-0.4, -0.2) is 32.1 Å². The summed E-state index contributed by atoms with van der Waals surface area (Å²) >= 11 is 0. The van der Waals surface area contributed by atoms with Crippen LogP contribution < -0.4 is 10.0 Å². The number of carboxylic acid groups (broad SMARTS) is 1. The third-order valence-corrected chi connectivity index (χ3v) is 4.55. The molecule has 2 aromatic rings. The van der Waals surface area contributed by atoms with Crippen LogP contribution in [0.1, 0.15) is 12.5 Å². The van der Waals surface area contributed by atoms with Crippen molar-refractivity contribution >= 4 is 27.6 Å². The van der Waals surface area contributed by atoms with E-state index in [0.717, 1.165) is 16.5 Å². The second-order valence-corrected chi connectivity index (χ2v) is 7.00. The molecule has 0 unspecified atom stereocenters. The highest BCUT2D eigenvalue weighted by Gasteiger charge is 2.13. The largest absolute Gasteiger partial charge is 0.480 e. The molecular weight excluding hydrogens is 356 g/mol. The lowest BCUT2D eigenvalue weighted by Crippen LogP contribution is -2.40. The van der Waals surface area contributed by atoms with Gasteiger partial charge in [-0.15, -0.1) is 0 Å². The minimum Gasteiger partial charge on any atom is -0.480 e. The Morgan fingerprint density at radius 1 is 1.00 bits per heavy atom. The number of rotatable bonds is 6. The number of aliphatic carboxylic acids is 1. The van der Waals surface area contributed by atoms with Gasteiger partial charge in [0, 0.05) is 0 Å². The van der Waals surface area contributed by atoms with Crippen LogP contribution in [0.2, 0.25) is 0 Å². The fourth-order valence-corrected chi connectivity index (χ4v) is 3.20. The average Bonchev–Trinajstić information content (AvgIpc) is 2.60. The van der Waals surface area contributed by atoms with Gasteiger partial charge in [-0.1, -0.05) is 54.6 Å². The Kier molecular flexibility index (Phi) is 6.13. The van der Waals surface area contributed by atoms with E-state index in [-0.39, 0.29) is 0 Å². The first kappa shape index (κ1) is 19.2. The molecule has 0 fully saturated rings. The number of amides is 2. The maximum atomic E-state index is 12.0. The maximum absolute atomic E-state index is 12.0. The molecule has 0 aromatic heterocycles. The van der Waals surface area contributed by atoms with Crippen molar-refractivity contribution in [2.75, 3.05) is 6.54 Å². The molecule has 2 aromatic carbocycles. The highest BCUT2D eigenvalue weighted by molar-refractivity contribution is 7.93. The molecule has 0 radical (unpaired) electrons. The SMILES string of the molecule is CC(=CS(=O)(=O)NC(=O)NCC(=O)O)c1ccc(-c2ccccc2)cc1. The van der Waals surface area contributed by atoms with Gasteiger partial charge in [0.2, 0.25) is 0 Å². The molecule has 2 amide bonds. The van der Waals surface area contributed by atoms with Crippen LogP contribution in [0.15, 0.2) is 60.0 Å². The number of urea groups is 1. The van der Waals surface area contributed by atoms with Crippen LogP contribution in [-0.2, 0) is 14.8 Å². The molecule has 0 atom stereocenters. The van der Waals surface area contributed by atoms with Crippen molar-refractivity contribution in [3.05, 3.63) is 65.6 Å². The predicted molar refractivity (Wildman–Crippen MR) is 98.6 cm³/mol. The third-order valence-electron chi connectivity index (χ3n) is 3.41. The first-order valence-corrected chi connectivity index (χ1v) is 9.18. The summed E-state index contributed by atoms with van der Waals surface area (Å²) in [6, 6.07) is 16.0. The Hall–Kier alpha value is -3.13. The summed E-state index contributed by atoms with van der Waals surface area (Å²) in [4.78, 5) is 21.7. The minimum atomic E-state index is -4.06. The van der Waals surface area contributed by atoms with Gasteiger partial charge in [-0.25, -0.2) is 17.9 Å². The van der Waals surface area contributed by atoms with E-state index in [1.807, 2.05) is 47.8 Å². The molecule has 0 saturated carbocycles. The number of carbonyl (C=O) groups excluding carboxylic acids is 1. The summed E-state index contributed by atoms with van der Waals surface area (Å²) in [5, 5.41) is 11.3. The second-order valence-electron chi connectivity index (χ2n) is 5.47. The van der Waals surface area contributed by atoms with Crippen LogP contribution in [0.5, 0.6) is 0 Å². The number of carbonyl (C=O) groups is 2. The molecule has 136 valence electrons. The van der Waals surface area contributed by atoms with Gasteiger partial charge in [-0.2, -0.15) is 0 Å². The second kappa shape index (κ2) is 8.30. The summed E-state index contributed by atoms with van der Waals surface area (Å²) in [5.41, 5.74) is 3.16. The third kappa shape index (κ3) is 5.75. The van der Waals surface area contributed by atoms with E-state index >= 15 is 0 Å². The molecule has 7 nitrogen and oxygen atoms in total. The van der Waals surface area contributed by atoms with Crippen LogP contribution >= 0.6 is 0 Å². The van der Waals surface area contributed by atoms with Crippen molar-refractivity contribution in [2.24, 2.45) is 0 Å². The number of sulfonamides is 1. The Bertz CT molecular complexity index is 920. The minimum absolute atomic E-state index is 0.433. The fraction of sp³-hybridized carbons (Fsp3) is 0.111. The van der Waals surface area contributed by atoms with Gasteiger partial charge < -0.3 is 10.4 Å². The molecule has 8 heteroatoms. The monoisotopic (exact) mass is 374 g/mol. The highest BCUT2D eigenvalue weighted by atomic mass is 32.2. The maximum Gasteiger partial charge on any atom is 0.329 e.